The molecule has 0 aromatic heterocycles. The molecule has 1 spiro atoms. The van der Waals surface area contributed by atoms with Gasteiger partial charge in [0.1, 0.15) is 5.60 Å². The number of benzene rings is 4. The van der Waals surface area contributed by atoms with Gasteiger partial charge in [0.2, 0.25) is 0 Å². The van der Waals surface area contributed by atoms with Crippen molar-refractivity contribution in [3.05, 3.63) is 130 Å². The Hall–Kier alpha value is -4.36. The lowest BCUT2D eigenvalue weighted by Gasteiger charge is -2.43. The summed E-state index contributed by atoms with van der Waals surface area (Å²) < 4.78 is 34.7. The number of carbonyl (C=O) groups excluding carboxylic acids is 2. The Balaban J connectivity index is 1.30. The fourth-order valence-electron chi connectivity index (χ4n) is 8.53. The van der Waals surface area contributed by atoms with Gasteiger partial charge < -0.3 is 9.84 Å². The molecule has 2 fully saturated rings. The number of aliphatic hydroxyl groups is 1. The summed E-state index contributed by atoms with van der Waals surface area (Å²) in [7, 11) is 0. The molecule has 3 aliphatic carbocycles. The van der Waals surface area contributed by atoms with Crippen LogP contribution < -0.4 is 0 Å². The van der Waals surface area contributed by atoms with Crippen molar-refractivity contribution in [1.29, 1.82) is 0 Å². The van der Waals surface area contributed by atoms with E-state index in [9.17, 15) is 23.5 Å². The number of hydrogen-bond acceptors (Lipinski definition) is 4. The number of carbonyl (C=O) groups is 2. The maximum atomic E-state index is 14.4. The lowest BCUT2D eigenvalue weighted by molar-refractivity contribution is -0.0373. The maximum absolute atomic E-state index is 14.4. The summed E-state index contributed by atoms with van der Waals surface area (Å²) in [6, 6.07) is 23.3. The lowest BCUT2D eigenvalue weighted by Crippen LogP contribution is -2.48. The minimum Gasteiger partial charge on any atom is -0.440 e. The van der Waals surface area contributed by atoms with Crippen LogP contribution in [0.25, 0.3) is 10.8 Å². The number of fused-ring (bicyclic) bond motifs is 9. The molecule has 4 aromatic rings. The number of amides is 1. The Morgan fingerprint density at radius 3 is 2.62 bits per heavy atom. The molecule has 1 N–H and O–H groups in total. The van der Waals surface area contributed by atoms with Crippen LogP contribution in [0.3, 0.4) is 0 Å². The van der Waals surface area contributed by atoms with E-state index in [1.54, 1.807) is 0 Å². The summed E-state index contributed by atoms with van der Waals surface area (Å²) in [6.07, 6.45) is 5.81. The first-order valence-electron chi connectivity index (χ1n) is 17.0. The molecule has 48 heavy (non-hydrogen) atoms. The minimum absolute atomic E-state index is 0.0653. The molecule has 8 rings (SSSR count). The van der Waals surface area contributed by atoms with Gasteiger partial charge >= 0.3 is 6.09 Å². The van der Waals surface area contributed by atoms with Gasteiger partial charge in [-0.05, 0) is 110 Å². The summed E-state index contributed by atoms with van der Waals surface area (Å²) in [6.45, 7) is 5.15. The summed E-state index contributed by atoms with van der Waals surface area (Å²) in [4.78, 5) is 29.7. The summed E-state index contributed by atoms with van der Waals surface area (Å²) >= 11 is 0. The van der Waals surface area contributed by atoms with E-state index < -0.39 is 34.5 Å². The average molecular weight is 650 g/mol. The van der Waals surface area contributed by atoms with Gasteiger partial charge in [-0.15, -0.1) is 0 Å². The first-order chi connectivity index (χ1) is 23.1. The van der Waals surface area contributed by atoms with Crippen LogP contribution in [0.4, 0.5) is 13.6 Å². The highest BCUT2D eigenvalue weighted by Crippen LogP contribution is 2.62. The van der Waals surface area contributed by atoms with Crippen molar-refractivity contribution in [1.82, 2.24) is 4.90 Å². The number of ketones is 1. The van der Waals surface area contributed by atoms with Crippen molar-refractivity contribution in [2.24, 2.45) is 5.41 Å². The van der Waals surface area contributed by atoms with Crippen molar-refractivity contribution in [3.63, 3.8) is 0 Å². The zero-order chi connectivity index (χ0) is 33.6. The Morgan fingerprint density at radius 2 is 1.79 bits per heavy atom. The summed E-state index contributed by atoms with van der Waals surface area (Å²) in [5.74, 6) is -2.63. The third-order valence-corrected chi connectivity index (χ3v) is 11.3. The van der Waals surface area contributed by atoms with Crippen LogP contribution in [0.15, 0.2) is 90.5 Å². The fourth-order valence-corrected chi connectivity index (χ4v) is 8.53. The van der Waals surface area contributed by atoms with E-state index in [4.69, 9.17) is 4.74 Å². The topological polar surface area (TPSA) is 66.8 Å². The van der Waals surface area contributed by atoms with Gasteiger partial charge in [0, 0.05) is 23.1 Å². The number of ether oxygens (including phenoxy) is 1. The molecule has 0 unspecified atom stereocenters. The van der Waals surface area contributed by atoms with E-state index in [0.29, 0.717) is 50.8 Å². The molecule has 4 aromatic carbocycles. The minimum atomic E-state index is -1.08. The van der Waals surface area contributed by atoms with Gasteiger partial charge in [0.05, 0.1) is 12.6 Å². The summed E-state index contributed by atoms with van der Waals surface area (Å²) in [5.41, 5.74) is 3.04. The van der Waals surface area contributed by atoms with Crippen LogP contribution in [0.1, 0.15) is 90.9 Å². The van der Waals surface area contributed by atoms with Gasteiger partial charge in [0.25, 0.3) is 0 Å². The standard InChI is InChI=1S/C41H41F2NO4/c1-26-7-6-19-40(2)35(18-20-41(40)25-44(39(47)48-41)24-30-10-5-9-28-8-3-4-11-32(28)30)33-16-13-27(21-31(45)15-12-26)22-34(33)38(46)29-14-17-36(42)37(43)23-29/h3-5,7-11,13-14,16-17,22-23,31,35,45H,6,12,15,18-21,24-25H2,1-2H3/t31-,35-,40-,41+/m0/s1. The number of hydrogen-bond donors (Lipinski definition) is 1. The van der Waals surface area contributed by atoms with E-state index >= 15 is 0 Å². The van der Waals surface area contributed by atoms with E-state index in [0.717, 1.165) is 52.4 Å². The van der Waals surface area contributed by atoms with Gasteiger partial charge in [-0.2, -0.15) is 0 Å². The highest BCUT2D eigenvalue weighted by atomic mass is 19.2. The number of aliphatic hydroxyl groups excluding tert-OH is 1. The molecule has 2 bridgehead atoms. The third-order valence-electron chi connectivity index (χ3n) is 11.3. The largest absolute Gasteiger partial charge is 0.440 e. The zero-order valence-corrected chi connectivity index (χ0v) is 27.5. The lowest BCUT2D eigenvalue weighted by atomic mass is 9.64. The number of rotatable bonds is 4. The summed E-state index contributed by atoms with van der Waals surface area (Å²) in [5, 5.41) is 13.1. The maximum Gasteiger partial charge on any atom is 0.410 e. The zero-order valence-electron chi connectivity index (χ0n) is 27.5. The highest BCUT2D eigenvalue weighted by molar-refractivity contribution is 6.10. The van der Waals surface area contributed by atoms with Crippen molar-refractivity contribution in [3.8, 4) is 0 Å². The molecule has 1 saturated heterocycles. The highest BCUT2D eigenvalue weighted by Gasteiger charge is 2.64. The Bertz CT molecular complexity index is 1930. The molecule has 4 atom stereocenters. The number of allylic oxidation sites excluding steroid dienone is 2. The van der Waals surface area contributed by atoms with Crippen molar-refractivity contribution in [2.45, 2.75) is 83.0 Å². The molecule has 1 aliphatic heterocycles. The molecular formula is C41H41F2NO4. The molecule has 248 valence electrons. The molecule has 1 saturated carbocycles. The van der Waals surface area contributed by atoms with E-state index in [-0.39, 0.29) is 17.6 Å². The van der Waals surface area contributed by atoms with Crippen molar-refractivity contribution < 1.29 is 28.2 Å². The van der Waals surface area contributed by atoms with Crippen LogP contribution in [-0.4, -0.2) is 40.1 Å². The van der Waals surface area contributed by atoms with Gasteiger partial charge in [0.15, 0.2) is 17.4 Å². The van der Waals surface area contributed by atoms with Crippen LogP contribution >= 0.6 is 0 Å². The molecule has 1 amide bonds. The molecule has 0 radical (unpaired) electrons. The normalized spacial score (nSPS) is 26.0. The number of nitrogens with zero attached hydrogens (tertiary/aromatic N) is 1. The van der Waals surface area contributed by atoms with Crippen LogP contribution in [0.2, 0.25) is 0 Å². The van der Waals surface area contributed by atoms with Crippen LogP contribution in [0.5, 0.6) is 0 Å². The first-order valence-corrected chi connectivity index (χ1v) is 17.0. The van der Waals surface area contributed by atoms with Crippen molar-refractivity contribution >= 4 is 22.6 Å². The first kappa shape index (κ1) is 32.2. The third kappa shape index (κ3) is 5.72. The van der Waals surface area contributed by atoms with Crippen LogP contribution in [-0.2, 0) is 17.7 Å². The predicted molar refractivity (Wildman–Crippen MR) is 182 cm³/mol. The Labute approximate surface area is 280 Å². The van der Waals surface area contributed by atoms with E-state index in [2.05, 4.69) is 44.2 Å². The SMILES string of the molecule is CC1=CCC[C@@]2(C)[C@@H](CC[C@@]23CN(Cc2cccc4ccccc24)C(=O)O3)c2ccc(cc2C(=O)c2ccc(F)c(F)c2)C[C@@H](O)CC1. The second-order valence-corrected chi connectivity index (χ2v) is 14.2. The molecule has 1 heterocycles. The predicted octanol–water partition coefficient (Wildman–Crippen LogP) is 9.05. The molecule has 7 heteroatoms. The average Bonchev–Trinajstić information content (AvgIpc) is 3.54. The Morgan fingerprint density at radius 1 is 0.979 bits per heavy atom. The monoisotopic (exact) mass is 649 g/mol. The number of halogens is 2. The van der Waals surface area contributed by atoms with E-state index in [1.165, 1.54) is 11.6 Å². The fraction of sp³-hybridized carbons (Fsp3) is 0.366. The van der Waals surface area contributed by atoms with E-state index in [1.807, 2.05) is 41.3 Å². The van der Waals surface area contributed by atoms with Gasteiger partial charge in [-0.25, -0.2) is 13.6 Å². The quantitative estimate of drug-likeness (QED) is 0.177. The molecular weight excluding hydrogens is 608 g/mol. The molecule has 4 aliphatic rings. The Kier molecular flexibility index (Phi) is 8.44. The van der Waals surface area contributed by atoms with Gasteiger partial charge in [-0.3, -0.25) is 9.69 Å². The smallest absolute Gasteiger partial charge is 0.410 e. The molecule has 5 nitrogen and oxygen atoms in total. The second-order valence-electron chi connectivity index (χ2n) is 14.2. The van der Waals surface area contributed by atoms with Crippen molar-refractivity contribution in [2.75, 3.05) is 6.54 Å². The van der Waals surface area contributed by atoms with Gasteiger partial charge in [-0.1, -0.05) is 73.2 Å². The van der Waals surface area contributed by atoms with Crippen LogP contribution in [0, 0.1) is 17.0 Å². The second kappa shape index (κ2) is 12.6.